The fourth-order valence-electron chi connectivity index (χ4n) is 3.06. The van der Waals surface area contributed by atoms with E-state index in [1.165, 1.54) is 32.1 Å². The van der Waals surface area contributed by atoms with Crippen molar-refractivity contribution >= 4 is 5.91 Å². The molecule has 2 aliphatic carbocycles. The third-order valence-electron chi connectivity index (χ3n) is 4.47. The van der Waals surface area contributed by atoms with Gasteiger partial charge in [0, 0.05) is 12.7 Å². The molecule has 0 radical (unpaired) electrons. The zero-order valence-electron chi connectivity index (χ0n) is 10.7. The normalized spacial score (nSPS) is 22.7. The largest absolute Gasteiger partial charge is 0.355 e. The van der Waals surface area contributed by atoms with Gasteiger partial charge in [0.05, 0.1) is 17.4 Å². The van der Waals surface area contributed by atoms with Crippen LogP contribution in [0.4, 0.5) is 0 Å². The number of hydrogen-bond donors (Lipinski definition) is 2. The number of amides is 1. The minimum atomic E-state index is -0.287. The summed E-state index contributed by atoms with van der Waals surface area (Å²) in [5, 5.41) is 3.16. The molecule has 1 aromatic rings. The second-order valence-corrected chi connectivity index (χ2v) is 5.76. The van der Waals surface area contributed by atoms with Gasteiger partial charge >= 0.3 is 0 Å². The quantitative estimate of drug-likeness (QED) is 0.856. The highest BCUT2D eigenvalue weighted by molar-refractivity contribution is 5.90. The van der Waals surface area contributed by atoms with Crippen molar-refractivity contribution in [3.63, 3.8) is 0 Å². The molecule has 0 saturated heterocycles. The third-order valence-corrected chi connectivity index (χ3v) is 4.47. The Labute approximate surface area is 108 Å². The Morgan fingerprint density at radius 3 is 2.78 bits per heavy atom. The van der Waals surface area contributed by atoms with Crippen LogP contribution in [-0.4, -0.2) is 22.4 Å². The Morgan fingerprint density at radius 1 is 1.39 bits per heavy atom. The van der Waals surface area contributed by atoms with Crippen molar-refractivity contribution in [3.05, 3.63) is 18.2 Å². The van der Waals surface area contributed by atoms with Crippen molar-refractivity contribution in [2.45, 2.75) is 50.4 Å². The lowest BCUT2D eigenvalue weighted by molar-refractivity contribution is -0.123. The summed E-state index contributed by atoms with van der Waals surface area (Å²) < 4.78 is 0. The van der Waals surface area contributed by atoms with Gasteiger partial charge in [0.2, 0.25) is 5.91 Å². The first-order valence-electron chi connectivity index (χ1n) is 7.08. The fourth-order valence-corrected chi connectivity index (χ4v) is 3.06. The van der Waals surface area contributed by atoms with Crippen LogP contribution in [0.5, 0.6) is 0 Å². The van der Waals surface area contributed by atoms with E-state index in [4.69, 9.17) is 0 Å². The Morgan fingerprint density at radius 2 is 2.17 bits per heavy atom. The molecule has 0 bridgehead atoms. The number of nitrogens with zero attached hydrogens (tertiary/aromatic N) is 1. The average molecular weight is 247 g/mol. The van der Waals surface area contributed by atoms with Gasteiger partial charge in [-0.25, -0.2) is 4.98 Å². The SMILES string of the molecule is O=C(NCC1CCCCC1)C1(c2cnc[nH]2)CC1. The smallest absolute Gasteiger partial charge is 0.232 e. The summed E-state index contributed by atoms with van der Waals surface area (Å²) in [6.45, 7) is 0.856. The molecule has 18 heavy (non-hydrogen) atoms. The summed E-state index contributed by atoms with van der Waals surface area (Å²) in [6, 6.07) is 0. The molecule has 2 N–H and O–H groups in total. The van der Waals surface area contributed by atoms with E-state index >= 15 is 0 Å². The average Bonchev–Trinajstić information content (AvgIpc) is 3.05. The van der Waals surface area contributed by atoms with E-state index in [2.05, 4.69) is 15.3 Å². The van der Waals surface area contributed by atoms with Gasteiger partial charge < -0.3 is 10.3 Å². The van der Waals surface area contributed by atoms with Crippen LogP contribution in [-0.2, 0) is 10.2 Å². The van der Waals surface area contributed by atoms with E-state index in [1.807, 2.05) is 0 Å². The number of rotatable bonds is 4. The maximum Gasteiger partial charge on any atom is 0.232 e. The maximum absolute atomic E-state index is 12.3. The molecule has 1 amide bonds. The van der Waals surface area contributed by atoms with Gasteiger partial charge in [0.15, 0.2) is 0 Å². The molecule has 0 unspecified atom stereocenters. The highest BCUT2D eigenvalue weighted by Gasteiger charge is 2.52. The van der Waals surface area contributed by atoms with Crippen LogP contribution in [0.15, 0.2) is 12.5 Å². The first-order valence-corrected chi connectivity index (χ1v) is 7.08. The molecule has 2 fully saturated rings. The van der Waals surface area contributed by atoms with Crippen molar-refractivity contribution < 1.29 is 4.79 Å². The summed E-state index contributed by atoms with van der Waals surface area (Å²) in [6.07, 6.45) is 11.9. The molecular weight excluding hydrogens is 226 g/mol. The summed E-state index contributed by atoms with van der Waals surface area (Å²) in [7, 11) is 0. The fraction of sp³-hybridized carbons (Fsp3) is 0.714. The molecule has 98 valence electrons. The van der Waals surface area contributed by atoms with Crippen LogP contribution in [0.25, 0.3) is 0 Å². The molecule has 4 heteroatoms. The molecule has 3 rings (SSSR count). The molecule has 0 aromatic carbocycles. The van der Waals surface area contributed by atoms with Gasteiger partial charge in [-0.2, -0.15) is 0 Å². The van der Waals surface area contributed by atoms with Gasteiger partial charge in [-0.15, -0.1) is 0 Å². The number of nitrogens with one attached hydrogen (secondary N) is 2. The standard InChI is InChI=1S/C14H21N3O/c18-13(16-8-11-4-2-1-3-5-11)14(6-7-14)12-9-15-10-17-12/h9-11H,1-8H2,(H,15,17)(H,16,18). The van der Waals surface area contributed by atoms with E-state index < -0.39 is 0 Å². The van der Waals surface area contributed by atoms with E-state index in [1.54, 1.807) is 12.5 Å². The molecule has 0 spiro atoms. The summed E-state index contributed by atoms with van der Waals surface area (Å²) in [4.78, 5) is 19.4. The van der Waals surface area contributed by atoms with Crippen molar-refractivity contribution in [3.8, 4) is 0 Å². The molecule has 2 saturated carbocycles. The number of aromatic amines is 1. The zero-order valence-corrected chi connectivity index (χ0v) is 10.7. The number of aromatic nitrogens is 2. The molecule has 0 aliphatic heterocycles. The number of imidazole rings is 1. The lowest BCUT2D eigenvalue weighted by atomic mass is 9.89. The summed E-state index contributed by atoms with van der Waals surface area (Å²) in [5.41, 5.74) is 0.689. The highest BCUT2D eigenvalue weighted by Crippen LogP contribution is 2.47. The van der Waals surface area contributed by atoms with Crippen LogP contribution in [0.3, 0.4) is 0 Å². The molecular formula is C14H21N3O. The topological polar surface area (TPSA) is 57.8 Å². The van der Waals surface area contributed by atoms with Crippen molar-refractivity contribution in [2.24, 2.45) is 5.92 Å². The zero-order chi connectivity index (χ0) is 12.4. The molecule has 1 heterocycles. The molecule has 2 aliphatic rings. The van der Waals surface area contributed by atoms with Gasteiger partial charge in [0.1, 0.15) is 0 Å². The van der Waals surface area contributed by atoms with Crippen LogP contribution in [0, 0.1) is 5.92 Å². The lowest BCUT2D eigenvalue weighted by Crippen LogP contribution is -2.38. The Hall–Kier alpha value is -1.32. The van der Waals surface area contributed by atoms with Crippen molar-refractivity contribution in [2.75, 3.05) is 6.54 Å². The number of H-pyrrole nitrogens is 1. The third kappa shape index (κ3) is 2.16. The van der Waals surface area contributed by atoms with Crippen LogP contribution in [0.1, 0.15) is 50.6 Å². The predicted octanol–water partition coefficient (Wildman–Crippen LogP) is 2.14. The second-order valence-electron chi connectivity index (χ2n) is 5.76. The minimum absolute atomic E-state index is 0.192. The van der Waals surface area contributed by atoms with Gasteiger partial charge in [-0.1, -0.05) is 19.3 Å². The number of carbonyl (C=O) groups is 1. The first-order chi connectivity index (χ1) is 8.81. The minimum Gasteiger partial charge on any atom is -0.355 e. The van der Waals surface area contributed by atoms with Crippen LogP contribution in [0.2, 0.25) is 0 Å². The van der Waals surface area contributed by atoms with Crippen LogP contribution < -0.4 is 5.32 Å². The van der Waals surface area contributed by atoms with Crippen LogP contribution >= 0.6 is 0 Å². The second kappa shape index (κ2) is 4.75. The lowest BCUT2D eigenvalue weighted by Gasteiger charge is -2.23. The monoisotopic (exact) mass is 247 g/mol. The van der Waals surface area contributed by atoms with Gasteiger partial charge in [-0.05, 0) is 31.6 Å². The van der Waals surface area contributed by atoms with E-state index in [9.17, 15) is 4.79 Å². The van der Waals surface area contributed by atoms with Crippen molar-refractivity contribution in [1.29, 1.82) is 0 Å². The Bertz CT molecular complexity index is 403. The van der Waals surface area contributed by atoms with E-state index in [-0.39, 0.29) is 11.3 Å². The molecule has 0 atom stereocenters. The Balaban J connectivity index is 1.55. The van der Waals surface area contributed by atoms with Gasteiger partial charge in [0.25, 0.3) is 0 Å². The first kappa shape index (κ1) is 11.8. The number of carbonyl (C=O) groups excluding carboxylic acids is 1. The Kier molecular flexibility index (Phi) is 3.10. The van der Waals surface area contributed by atoms with E-state index in [0.717, 1.165) is 25.1 Å². The molecule has 4 nitrogen and oxygen atoms in total. The summed E-state index contributed by atoms with van der Waals surface area (Å²) in [5.74, 6) is 0.887. The highest BCUT2D eigenvalue weighted by atomic mass is 16.2. The predicted molar refractivity (Wildman–Crippen MR) is 69.1 cm³/mol. The summed E-state index contributed by atoms with van der Waals surface area (Å²) >= 11 is 0. The maximum atomic E-state index is 12.3. The molecule has 1 aromatic heterocycles. The number of hydrogen-bond acceptors (Lipinski definition) is 2. The van der Waals surface area contributed by atoms with Crippen molar-refractivity contribution in [1.82, 2.24) is 15.3 Å². The van der Waals surface area contributed by atoms with Gasteiger partial charge in [-0.3, -0.25) is 4.79 Å². The van der Waals surface area contributed by atoms with E-state index in [0.29, 0.717) is 5.92 Å².